The van der Waals surface area contributed by atoms with Crippen molar-refractivity contribution in [3.63, 3.8) is 0 Å². The summed E-state index contributed by atoms with van der Waals surface area (Å²) in [7, 11) is 1.47. The van der Waals surface area contributed by atoms with E-state index in [0.29, 0.717) is 11.9 Å². The Bertz CT molecular complexity index is 1130. The van der Waals surface area contributed by atoms with E-state index in [-0.39, 0.29) is 17.4 Å². The highest BCUT2D eigenvalue weighted by atomic mass is 16.5. The van der Waals surface area contributed by atoms with E-state index in [1.807, 2.05) is 17.0 Å². The Hall–Kier alpha value is -3.00. The highest BCUT2D eigenvalue weighted by Gasteiger charge is 2.24. The number of anilines is 1. The molecule has 158 valence electrons. The number of hydrogen-bond donors (Lipinski definition) is 1. The largest absolute Gasteiger partial charge is 0.490 e. The second kappa shape index (κ2) is 7.68. The summed E-state index contributed by atoms with van der Waals surface area (Å²) in [5, 5.41) is 1.13. The van der Waals surface area contributed by atoms with E-state index in [1.165, 1.54) is 18.6 Å². The maximum absolute atomic E-state index is 11.9. The van der Waals surface area contributed by atoms with Gasteiger partial charge in [0.25, 0.3) is 5.56 Å². The Balaban J connectivity index is 1.29. The molecule has 30 heavy (non-hydrogen) atoms. The summed E-state index contributed by atoms with van der Waals surface area (Å²) in [5.41, 5.74) is 0.494. The van der Waals surface area contributed by atoms with Crippen LogP contribution in [0.15, 0.2) is 46.1 Å². The highest BCUT2D eigenvalue weighted by Crippen LogP contribution is 2.32. The standard InChI is InChI=1S/C22H26N4O4/c1-24-21(27)13-20(23-22(24)28)25-9-5-16(6-10-25)30-19-4-2-3-18-17(19)7-11-26(18)15-8-12-29-14-15/h2-4,7,11,13,15-16H,5-6,8-10,12,14H2,1H3,(H,23,28). The molecule has 0 radical (unpaired) electrons. The van der Waals surface area contributed by atoms with Gasteiger partial charge in [-0.15, -0.1) is 0 Å². The summed E-state index contributed by atoms with van der Waals surface area (Å²) in [6.07, 6.45) is 4.92. The molecular formula is C22H26N4O4. The Kier molecular flexibility index (Phi) is 4.86. The molecule has 2 saturated heterocycles. The summed E-state index contributed by atoms with van der Waals surface area (Å²) in [5.74, 6) is 1.49. The number of aromatic amines is 1. The van der Waals surface area contributed by atoms with E-state index in [2.05, 4.69) is 27.9 Å². The lowest BCUT2D eigenvalue weighted by molar-refractivity contribution is 0.173. The molecule has 5 rings (SSSR count). The summed E-state index contributed by atoms with van der Waals surface area (Å²) in [6, 6.07) is 10.2. The average molecular weight is 410 g/mol. The lowest BCUT2D eigenvalue weighted by Gasteiger charge is -2.33. The van der Waals surface area contributed by atoms with E-state index in [4.69, 9.17) is 9.47 Å². The van der Waals surface area contributed by atoms with Crippen LogP contribution in [-0.2, 0) is 11.8 Å². The number of piperidine rings is 1. The van der Waals surface area contributed by atoms with E-state index in [1.54, 1.807) is 0 Å². The normalized spacial score (nSPS) is 20.2. The average Bonchev–Trinajstić information content (AvgIpc) is 3.42. The number of nitrogens with zero attached hydrogens (tertiary/aromatic N) is 3. The Labute approximate surface area is 173 Å². The molecule has 8 nitrogen and oxygen atoms in total. The van der Waals surface area contributed by atoms with Crippen molar-refractivity contribution < 1.29 is 9.47 Å². The highest BCUT2D eigenvalue weighted by molar-refractivity contribution is 5.86. The minimum atomic E-state index is -0.389. The van der Waals surface area contributed by atoms with Crippen LogP contribution in [0.4, 0.5) is 5.82 Å². The van der Waals surface area contributed by atoms with Crippen molar-refractivity contribution in [2.45, 2.75) is 31.4 Å². The van der Waals surface area contributed by atoms with Crippen LogP contribution in [0, 0.1) is 0 Å². The van der Waals surface area contributed by atoms with Crippen molar-refractivity contribution in [1.82, 2.24) is 14.1 Å². The smallest absolute Gasteiger partial charge is 0.329 e. The van der Waals surface area contributed by atoms with Gasteiger partial charge in [0, 0.05) is 57.2 Å². The lowest BCUT2D eigenvalue weighted by Crippen LogP contribution is -2.41. The van der Waals surface area contributed by atoms with Crippen LogP contribution in [0.3, 0.4) is 0 Å². The number of rotatable bonds is 4. The summed E-state index contributed by atoms with van der Waals surface area (Å²) >= 11 is 0. The molecule has 2 aromatic heterocycles. The molecule has 2 fully saturated rings. The van der Waals surface area contributed by atoms with Crippen molar-refractivity contribution in [2.75, 3.05) is 31.2 Å². The number of H-pyrrole nitrogens is 1. The molecule has 1 atom stereocenters. The molecule has 2 aliphatic rings. The van der Waals surface area contributed by atoms with Crippen molar-refractivity contribution in [1.29, 1.82) is 0 Å². The van der Waals surface area contributed by atoms with Crippen LogP contribution in [-0.4, -0.2) is 46.5 Å². The first kappa shape index (κ1) is 19.0. The number of hydrogen-bond acceptors (Lipinski definition) is 5. The minimum absolute atomic E-state index is 0.100. The quantitative estimate of drug-likeness (QED) is 0.712. The molecule has 8 heteroatoms. The fourth-order valence-corrected chi connectivity index (χ4v) is 4.43. The summed E-state index contributed by atoms with van der Waals surface area (Å²) < 4.78 is 15.3. The van der Waals surface area contributed by atoms with Gasteiger partial charge < -0.3 is 18.9 Å². The molecule has 0 saturated carbocycles. The van der Waals surface area contributed by atoms with Gasteiger partial charge >= 0.3 is 5.69 Å². The Morgan fingerprint density at radius 1 is 1.13 bits per heavy atom. The van der Waals surface area contributed by atoms with Crippen molar-refractivity contribution in [3.05, 3.63) is 57.4 Å². The monoisotopic (exact) mass is 410 g/mol. The molecule has 0 aliphatic carbocycles. The molecular weight excluding hydrogens is 384 g/mol. The van der Waals surface area contributed by atoms with Gasteiger partial charge in [0.15, 0.2) is 0 Å². The molecule has 4 heterocycles. The molecule has 1 N–H and O–H groups in total. The number of fused-ring (bicyclic) bond motifs is 1. The van der Waals surface area contributed by atoms with Gasteiger partial charge in [-0.25, -0.2) is 4.79 Å². The lowest BCUT2D eigenvalue weighted by atomic mass is 10.1. The summed E-state index contributed by atoms with van der Waals surface area (Å²) in [4.78, 5) is 28.6. The van der Waals surface area contributed by atoms with Crippen LogP contribution < -0.4 is 20.9 Å². The summed E-state index contributed by atoms with van der Waals surface area (Å²) in [6.45, 7) is 3.03. The Morgan fingerprint density at radius 2 is 1.97 bits per heavy atom. The molecule has 1 aromatic carbocycles. The van der Waals surface area contributed by atoms with Crippen molar-refractivity contribution in [3.8, 4) is 5.75 Å². The van der Waals surface area contributed by atoms with E-state index in [9.17, 15) is 9.59 Å². The van der Waals surface area contributed by atoms with Crippen LogP contribution in [0.1, 0.15) is 25.3 Å². The zero-order valence-electron chi connectivity index (χ0n) is 17.0. The molecule has 1 unspecified atom stereocenters. The van der Waals surface area contributed by atoms with Crippen molar-refractivity contribution in [2.24, 2.45) is 7.05 Å². The molecule has 2 aliphatic heterocycles. The van der Waals surface area contributed by atoms with Gasteiger partial charge in [0.05, 0.1) is 18.2 Å². The first-order valence-electron chi connectivity index (χ1n) is 10.5. The van der Waals surface area contributed by atoms with Crippen LogP contribution >= 0.6 is 0 Å². The van der Waals surface area contributed by atoms with Crippen LogP contribution in [0.5, 0.6) is 5.75 Å². The van der Waals surface area contributed by atoms with Gasteiger partial charge in [0.1, 0.15) is 17.7 Å². The van der Waals surface area contributed by atoms with E-state index >= 15 is 0 Å². The molecule has 3 aromatic rings. The Morgan fingerprint density at radius 3 is 2.70 bits per heavy atom. The number of benzene rings is 1. The van der Waals surface area contributed by atoms with Gasteiger partial charge in [0.2, 0.25) is 0 Å². The van der Waals surface area contributed by atoms with Crippen LogP contribution in [0.2, 0.25) is 0 Å². The van der Waals surface area contributed by atoms with E-state index < -0.39 is 0 Å². The second-order valence-corrected chi connectivity index (χ2v) is 8.09. The first-order chi connectivity index (χ1) is 14.6. The number of aromatic nitrogens is 3. The number of ether oxygens (including phenoxy) is 2. The maximum Gasteiger partial charge on any atom is 0.329 e. The first-order valence-corrected chi connectivity index (χ1v) is 10.5. The molecule has 0 spiro atoms. The van der Waals surface area contributed by atoms with Gasteiger partial charge in [-0.3, -0.25) is 14.3 Å². The minimum Gasteiger partial charge on any atom is -0.490 e. The number of nitrogens with one attached hydrogen (secondary N) is 1. The second-order valence-electron chi connectivity index (χ2n) is 8.09. The predicted octanol–water partition coefficient (Wildman–Crippen LogP) is 2.04. The molecule has 0 bridgehead atoms. The SMILES string of the molecule is Cn1c(=O)cc(N2CCC(Oc3cccc4c3ccn4C3CCOC3)CC2)[nH]c1=O. The fraction of sp³-hybridized carbons (Fsp3) is 0.455. The zero-order chi connectivity index (χ0) is 20.7. The van der Waals surface area contributed by atoms with Gasteiger partial charge in [-0.2, -0.15) is 0 Å². The van der Waals surface area contributed by atoms with Gasteiger partial charge in [-0.1, -0.05) is 6.07 Å². The van der Waals surface area contributed by atoms with Crippen molar-refractivity contribution >= 4 is 16.7 Å². The third-order valence-electron chi connectivity index (χ3n) is 6.23. The zero-order valence-corrected chi connectivity index (χ0v) is 17.0. The molecule has 0 amide bonds. The third-order valence-corrected chi connectivity index (χ3v) is 6.23. The maximum atomic E-state index is 11.9. The van der Waals surface area contributed by atoms with Gasteiger partial charge in [-0.05, 0) is 24.6 Å². The predicted molar refractivity (Wildman–Crippen MR) is 115 cm³/mol. The van der Waals surface area contributed by atoms with E-state index in [0.717, 1.165) is 61.3 Å². The topological polar surface area (TPSA) is 81.5 Å². The third kappa shape index (κ3) is 3.41. The fourth-order valence-electron chi connectivity index (χ4n) is 4.43. The van der Waals surface area contributed by atoms with Crippen LogP contribution in [0.25, 0.3) is 10.9 Å².